The number of nitrogens with one attached hydrogen (secondary N) is 2. The molecule has 1 aromatic carbocycles. The summed E-state index contributed by atoms with van der Waals surface area (Å²) < 4.78 is 13.1. The van der Waals surface area contributed by atoms with Crippen LogP contribution in [0.1, 0.15) is 16.6 Å². The molecule has 20 heavy (non-hydrogen) atoms. The molecule has 0 spiro atoms. The number of hydrogen-bond acceptors (Lipinski definition) is 5. The standard InChI is InChI=1S/C12H12ClFN4OS/c1-2-16-12-18-10(15)9(20-12)11(19)17-8-5-6(14)3-4-7(8)13/h3-5H,2,15H2,1H3,(H,16,18)(H,17,19). The summed E-state index contributed by atoms with van der Waals surface area (Å²) in [6, 6.07) is 3.72. The molecular formula is C12H12ClFN4OS. The summed E-state index contributed by atoms with van der Waals surface area (Å²) in [6.45, 7) is 2.58. The summed E-state index contributed by atoms with van der Waals surface area (Å²) >= 11 is 7.01. The van der Waals surface area contributed by atoms with Crippen molar-refractivity contribution in [1.82, 2.24) is 4.98 Å². The second kappa shape index (κ2) is 6.06. The van der Waals surface area contributed by atoms with Crippen molar-refractivity contribution in [2.75, 3.05) is 22.9 Å². The average Bonchev–Trinajstić information content (AvgIpc) is 2.75. The van der Waals surface area contributed by atoms with E-state index in [1.54, 1.807) is 0 Å². The summed E-state index contributed by atoms with van der Waals surface area (Å²) in [6.07, 6.45) is 0. The summed E-state index contributed by atoms with van der Waals surface area (Å²) in [4.78, 5) is 16.4. The van der Waals surface area contributed by atoms with E-state index in [0.717, 1.165) is 17.4 Å². The maximum absolute atomic E-state index is 13.1. The van der Waals surface area contributed by atoms with Crippen molar-refractivity contribution >= 4 is 45.5 Å². The number of carbonyl (C=O) groups is 1. The maximum Gasteiger partial charge on any atom is 0.269 e. The van der Waals surface area contributed by atoms with Crippen molar-refractivity contribution in [3.8, 4) is 0 Å². The van der Waals surface area contributed by atoms with E-state index in [9.17, 15) is 9.18 Å². The molecule has 0 bridgehead atoms. The van der Waals surface area contributed by atoms with Crippen LogP contribution in [-0.2, 0) is 0 Å². The minimum absolute atomic E-state index is 0.121. The molecule has 2 rings (SSSR count). The molecule has 0 radical (unpaired) electrons. The van der Waals surface area contributed by atoms with Gasteiger partial charge in [0, 0.05) is 6.54 Å². The molecule has 2 aromatic rings. The van der Waals surface area contributed by atoms with E-state index in [1.807, 2.05) is 6.92 Å². The van der Waals surface area contributed by atoms with Crippen LogP contribution in [0.2, 0.25) is 5.02 Å². The Bertz CT molecular complexity index is 646. The Kier molecular flexibility index (Phi) is 4.41. The number of amides is 1. The molecule has 0 aliphatic carbocycles. The highest BCUT2D eigenvalue weighted by atomic mass is 35.5. The molecule has 1 heterocycles. The Morgan fingerprint density at radius 3 is 3.00 bits per heavy atom. The lowest BCUT2D eigenvalue weighted by Crippen LogP contribution is -2.12. The number of anilines is 3. The lowest BCUT2D eigenvalue weighted by Gasteiger charge is -2.06. The van der Waals surface area contributed by atoms with Crippen molar-refractivity contribution in [3.63, 3.8) is 0 Å². The van der Waals surface area contributed by atoms with Gasteiger partial charge in [-0.05, 0) is 25.1 Å². The minimum atomic E-state index is -0.490. The van der Waals surface area contributed by atoms with Gasteiger partial charge in [-0.1, -0.05) is 22.9 Å². The first-order chi connectivity index (χ1) is 9.51. The second-order valence-corrected chi connectivity index (χ2v) is 5.25. The number of thiazole rings is 1. The molecule has 8 heteroatoms. The first-order valence-electron chi connectivity index (χ1n) is 5.77. The molecule has 106 valence electrons. The van der Waals surface area contributed by atoms with Gasteiger partial charge >= 0.3 is 0 Å². The Morgan fingerprint density at radius 2 is 2.30 bits per heavy atom. The Morgan fingerprint density at radius 1 is 1.55 bits per heavy atom. The fraction of sp³-hybridized carbons (Fsp3) is 0.167. The van der Waals surface area contributed by atoms with Gasteiger partial charge in [0.2, 0.25) is 0 Å². The summed E-state index contributed by atoms with van der Waals surface area (Å²) in [7, 11) is 0. The number of rotatable bonds is 4. The molecule has 0 aliphatic rings. The lowest BCUT2D eigenvalue weighted by atomic mass is 10.3. The number of aromatic nitrogens is 1. The van der Waals surface area contributed by atoms with Crippen LogP contribution in [0.4, 0.5) is 21.0 Å². The van der Waals surface area contributed by atoms with Gasteiger partial charge in [0.15, 0.2) is 5.13 Å². The zero-order valence-corrected chi connectivity index (χ0v) is 12.1. The highest BCUT2D eigenvalue weighted by Crippen LogP contribution is 2.28. The van der Waals surface area contributed by atoms with Crippen molar-refractivity contribution in [2.24, 2.45) is 0 Å². The monoisotopic (exact) mass is 314 g/mol. The van der Waals surface area contributed by atoms with Gasteiger partial charge in [-0.25, -0.2) is 9.37 Å². The topological polar surface area (TPSA) is 80.0 Å². The van der Waals surface area contributed by atoms with E-state index in [2.05, 4.69) is 15.6 Å². The zero-order valence-electron chi connectivity index (χ0n) is 10.5. The highest BCUT2D eigenvalue weighted by molar-refractivity contribution is 7.18. The third kappa shape index (κ3) is 3.17. The van der Waals surface area contributed by atoms with E-state index in [4.69, 9.17) is 17.3 Å². The molecule has 0 saturated heterocycles. The molecule has 0 fully saturated rings. The van der Waals surface area contributed by atoms with Gasteiger partial charge in [0.1, 0.15) is 16.5 Å². The van der Waals surface area contributed by atoms with Gasteiger partial charge in [0.05, 0.1) is 10.7 Å². The van der Waals surface area contributed by atoms with Crippen LogP contribution in [0.25, 0.3) is 0 Å². The molecule has 0 atom stereocenters. The summed E-state index contributed by atoms with van der Waals surface area (Å²) in [5.41, 5.74) is 5.87. The van der Waals surface area contributed by atoms with Gasteiger partial charge in [-0.3, -0.25) is 4.79 Å². The number of nitrogens with two attached hydrogens (primary N) is 1. The summed E-state index contributed by atoms with van der Waals surface area (Å²) in [5, 5.41) is 6.29. The minimum Gasteiger partial charge on any atom is -0.382 e. The molecule has 4 N–H and O–H groups in total. The quantitative estimate of drug-likeness (QED) is 0.809. The van der Waals surface area contributed by atoms with Crippen molar-refractivity contribution in [2.45, 2.75) is 6.92 Å². The van der Waals surface area contributed by atoms with Gasteiger partial charge in [-0.2, -0.15) is 0 Å². The predicted octanol–water partition coefficient (Wildman–Crippen LogP) is 3.20. The first-order valence-corrected chi connectivity index (χ1v) is 6.97. The molecule has 1 amide bonds. The normalized spacial score (nSPS) is 10.3. The number of halogens is 2. The van der Waals surface area contributed by atoms with Gasteiger partial charge in [-0.15, -0.1) is 0 Å². The van der Waals surface area contributed by atoms with Crippen LogP contribution in [0, 0.1) is 5.82 Å². The summed E-state index contributed by atoms with van der Waals surface area (Å²) in [5.74, 6) is -0.844. The number of hydrogen-bond donors (Lipinski definition) is 3. The van der Waals surface area contributed by atoms with E-state index in [0.29, 0.717) is 11.7 Å². The van der Waals surface area contributed by atoms with E-state index in [1.165, 1.54) is 12.1 Å². The first kappa shape index (κ1) is 14.5. The third-order valence-corrected chi connectivity index (χ3v) is 3.72. The lowest BCUT2D eigenvalue weighted by molar-refractivity contribution is 0.103. The fourth-order valence-corrected chi connectivity index (χ4v) is 2.51. The second-order valence-electron chi connectivity index (χ2n) is 3.84. The SMILES string of the molecule is CCNc1nc(N)c(C(=O)Nc2cc(F)ccc2Cl)s1. The Balaban J connectivity index is 2.21. The number of nitrogens with zero attached hydrogens (tertiary/aromatic N) is 1. The largest absolute Gasteiger partial charge is 0.382 e. The fourth-order valence-electron chi connectivity index (χ4n) is 1.49. The Labute approximate surface area is 124 Å². The number of nitrogen functional groups attached to an aromatic ring is 1. The van der Waals surface area contributed by atoms with Crippen LogP contribution < -0.4 is 16.4 Å². The van der Waals surface area contributed by atoms with Crippen molar-refractivity contribution < 1.29 is 9.18 Å². The maximum atomic E-state index is 13.1. The number of benzene rings is 1. The highest BCUT2D eigenvalue weighted by Gasteiger charge is 2.17. The van der Waals surface area contributed by atoms with Crippen molar-refractivity contribution in [1.29, 1.82) is 0 Å². The van der Waals surface area contributed by atoms with E-state index in [-0.39, 0.29) is 21.4 Å². The third-order valence-electron chi connectivity index (χ3n) is 2.36. The molecular weight excluding hydrogens is 303 g/mol. The van der Waals surface area contributed by atoms with Crippen LogP contribution in [0.3, 0.4) is 0 Å². The average molecular weight is 315 g/mol. The van der Waals surface area contributed by atoms with E-state index >= 15 is 0 Å². The van der Waals surface area contributed by atoms with Crippen molar-refractivity contribution in [3.05, 3.63) is 33.9 Å². The van der Waals surface area contributed by atoms with Crippen LogP contribution in [0.5, 0.6) is 0 Å². The molecule has 0 saturated carbocycles. The smallest absolute Gasteiger partial charge is 0.269 e. The van der Waals surface area contributed by atoms with Gasteiger partial charge in [0.25, 0.3) is 5.91 Å². The predicted molar refractivity (Wildman–Crippen MR) is 80.1 cm³/mol. The van der Waals surface area contributed by atoms with Crippen LogP contribution in [-0.4, -0.2) is 17.4 Å². The van der Waals surface area contributed by atoms with Crippen LogP contribution >= 0.6 is 22.9 Å². The zero-order chi connectivity index (χ0) is 14.7. The molecule has 0 unspecified atom stereocenters. The van der Waals surface area contributed by atoms with Gasteiger partial charge < -0.3 is 16.4 Å². The Hall–Kier alpha value is -1.86. The van der Waals surface area contributed by atoms with E-state index < -0.39 is 11.7 Å². The van der Waals surface area contributed by atoms with Crippen LogP contribution in [0.15, 0.2) is 18.2 Å². The molecule has 5 nitrogen and oxygen atoms in total. The number of carbonyl (C=O) groups excluding carboxylic acids is 1. The molecule has 0 aliphatic heterocycles. The molecule has 1 aromatic heterocycles.